The number of carbonyl (C=O) groups is 1. The van der Waals surface area contributed by atoms with E-state index in [1.54, 1.807) is 6.92 Å². The largest absolute Gasteiger partial charge is 0.451 e. The molecule has 0 amide bonds. The number of halogens is 4. The lowest BCUT2D eigenvalue weighted by atomic mass is 10.1. The molecule has 1 aromatic carbocycles. The van der Waals surface area contributed by atoms with Gasteiger partial charge in [-0.05, 0) is 44.5 Å². The summed E-state index contributed by atoms with van der Waals surface area (Å²) in [5.41, 5.74) is -1.62. The molecule has 3 rings (SSSR count). The van der Waals surface area contributed by atoms with Crippen LogP contribution in [0.4, 0.5) is 17.6 Å². The summed E-state index contributed by atoms with van der Waals surface area (Å²) >= 11 is 1.31. The molecule has 0 aliphatic carbocycles. The van der Waals surface area contributed by atoms with Gasteiger partial charge in [0, 0.05) is 4.88 Å². The van der Waals surface area contributed by atoms with Gasteiger partial charge in [-0.3, -0.25) is 4.79 Å². The summed E-state index contributed by atoms with van der Waals surface area (Å²) in [6.07, 6.45) is -5.98. The molecule has 3 aromatic rings. The molecule has 0 fully saturated rings. The fourth-order valence-corrected chi connectivity index (χ4v) is 3.65. The van der Waals surface area contributed by atoms with Crippen molar-refractivity contribution in [2.24, 2.45) is 0 Å². The van der Waals surface area contributed by atoms with E-state index in [2.05, 4.69) is 9.97 Å². The molecule has 1 atom stereocenters. The van der Waals surface area contributed by atoms with Crippen molar-refractivity contribution in [2.75, 3.05) is 0 Å². The summed E-state index contributed by atoms with van der Waals surface area (Å²) in [4.78, 5) is 32.7. The summed E-state index contributed by atoms with van der Waals surface area (Å²) in [6.45, 7) is 5.06. The number of esters is 1. The van der Waals surface area contributed by atoms with Crippen molar-refractivity contribution in [1.82, 2.24) is 9.97 Å². The molecule has 0 bridgehead atoms. The van der Waals surface area contributed by atoms with Crippen LogP contribution in [0.1, 0.15) is 45.2 Å². The first-order valence-corrected chi connectivity index (χ1v) is 8.88. The van der Waals surface area contributed by atoms with E-state index >= 15 is 0 Å². The maximum absolute atomic E-state index is 13.4. The van der Waals surface area contributed by atoms with E-state index in [9.17, 15) is 27.2 Å². The number of benzene rings is 1. The van der Waals surface area contributed by atoms with E-state index in [1.165, 1.54) is 18.3 Å². The van der Waals surface area contributed by atoms with Crippen molar-refractivity contribution in [3.05, 3.63) is 61.8 Å². The van der Waals surface area contributed by atoms with Gasteiger partial charge >= 0.3 is 12.1 Å². The lowest BCUT2D eigenvalue weighted by molar-refractivity contribution is -0.140. The maximum Gasteiger partial charge on any atom is 0.419 e. The molecule has 1 N–H and O–H groups in total. The molecule has 2 aromatic heterocycles. The molecule has 1 unspecified atom stereocenters. The van der Waals surface area contributed by atoms with Crippen LogP contribution in [-0.4, -0.2) is 15.9 Å². The number of H-pyrrole nitrogens is 1. The summed E-state index contributed by atoms with van der Waals surface area (Å²) in [5, 5.41) is 0.443. The number of nitrogens with one attached hydrogen (secondary N) is 1. The average Bonchev–Trinajstić information content (AvgIpc) is 2.88. The number of hydrogen-bond donors (Lipinski definition) is 1. The predicted octanol–water partition coefficient (Wildman–Crippen LogP) is 4.68. The van der Waals surface area contributed by atoms with E-state index in [0.29, 0.717) is 22.3 Å². The molecule has 0 saturated carbocycles. The standard InChI is InChI=1S/C18H14F4N2O3S/c1-7-9(3)28-16-13(7)15(25)23-14(24-16)8(2)27-17(26)10-4-5-12(19)11(6-10)18(20,21)22/h4-6,8H,1-3H3,(H,23,24,25). The van der Waals surface area contributed by atoms with Gasteiger partial charge in [0.1, 0.15) is 10.6 Å². The fourth-order valence-electron chi connectivity index (χ4n) is 2.62. The molecule has 0 spiro atoms. The Bertz CT molecular complexity index is 1130. The summed E-state index contributed by atoms with van der Waals surface area (Å²) in [5.74, 6) is -2.53. The molecular formula is C18H14F4N2O3S. The van der Waals surface area contributed by atoms with Crippen molar-refractivity contribution >= 4 is 27.5 Å². The highest BCUT2D eigenvalue weighted by atomic mass is 32.1. The monoisotopic (exact) mass is 414 g/mol. The van der Waals surface area contributed by atoms with Crippen molar-refractivity contribution in [1.29, 1.82) is 0 Å². The van der Waals surface area contributed by atoms with E-state index < -0.39 is 40.8 Å². The van der Waals surface area contributed by atoms with E-state index in [4.69, 9.17) is 4.74 Å². The van der Waals surface area contributed by atoms with Crippen LogP contribution in [0.15, 0.2) is 23.0 Å². The number of ether oxygens (including phenoxy) is 1. The number of thiophene rings is 1. The van der Waals surface area contributed by atoms with Gasteiger partial charge in [-0.2, -0.15) is 13.2 Å². The Hall–Kier alpha value is -2.75. The number of nitrogens with zero attached hydrogens (tertiary/aromatic N) is 1. The first-order valence-electron chi connectivity index (χ1n) is 8.06. The zero-order valence-corrected chi connectivity index (χ0v) is 15.7. The van der Waals surface area contributed by atoms with Crippen LogP contribution in [-0.2, 0) is 10.9 Å². The highest BCUT2D eigenvalue weighted by molar-refractivity contribution is 7.18. The van der Waals surface area contributed by atoms with Gasteiger partial charge in [-0.1, -0.05) is 0 Å². The van der Waals surface area contributed by atoms with E-state index in [-0.39, 0.29) is 5.82 Å². The third-order valence-corrected chi connectivity index (χ3v) is 5.33. The summed E-state index contributed by atoms with van der Waals surface area (Å²) in [6, 6.07) is 1.83. The van der Waals surface area contributed by atoms with Crippen molar-refractivity contribution in [3.63, 3.8) is 0 Å². The molecule has 5 nitrogen and oxygen atoms in total. The zero-order valence-electron chi connectivity index (χ0n) is 14.9. The number of carbonyl (C=O) groups excluding carboxylic acids is 1. The first-order chi connectivity index (χ1) is 13.0. The van der Waals surface area contributed by atoms with Crippen LogP contribution >= 0.6 is 11.3 Å². The minimum absolute atomic E-state index is 0.0604. The quantitative estimate of drug-likeness (QED) is 0.499. The summed E-state index contributed by atoms with van der Waals surface area (Å²) in [7, 11) is 0. The van der Waals surface area contributed by atoms with E-state index in [1.807, 2.05) is 6.92 Å². The highest BCUT2D eigenvalue weighted by Gasteiger charge is 2.35. The lowest BCUT2D eigenvalue weighted by Gasteiger charge is -2.14. The van der Waals surface area contributed by atoms with Gasteiger partial charge < -0.3 is 9.72 Å². The number of aryl methyl sites for hydroxylation is 2. The average molecular weight is 414 g/mol. The Morgan fingerprint density at radius 2 is 1.96 bits per heavy atom. The highest BCUT2D eigenvalue weighted by Crippen LogP contribution is 2.32. The van der Waals surface area contributed by atoms with Crippen molar-refractivity contribution in [3.8, 4) is 0 Å². The van der Waals surface area contributed by atoms with Crippen molar-refractivity contribution < 1.29 is 27.1 Å². The van der Waals surface area contributed by atoms with Gasteiger partial charge in [0.25, 0.3) is 5.56 Å². The molecule has 0 aliphatic rings. The van der Waals surface area contributed by atoms with Crippen LogP contribution in [0, 0.1) is 19.7 Å². The van der Waals surface area contributed by atoms with Gasteiger partial charge in [0.2, 0.25) is 0 Å². The normalized spacial score (nSPS) is 13.0. The Balaban J connectivity index is 1.89. The Morgan fingerprint density at radius 3 is 2.61 bits per heavy atom. The molecule has 0 aliphatic heterocycles. The fraction of sp³-hybridized carbons (Fsp3) is 0.278. The molecule has 28 heavy (non-hydrogen) atoms. The second-order valence-electron chi connectivity index (χ2n) is 6.15. The Kier molecular flexibility index (Phi) is 5.00. The van der Waals surface area contributed by atoms with E-state index in [0.717, 1.165) is 16.5 Å². The molecule has 10 heteroatoms. The number of alkyl halides is 3. The van der Waals surface area contributed by atoms with Crippen LogP contribution in [0.5, 0.6) is 0 Å². The number of aromatic amines is 1. The minimum atomic E-state index is -4.95. The SMILES string of the molecule is Cc1sc2nc(C(C)OC(=O)c3ccc(F)c(C(F)(F)F)c3)[nH]c(=O)c2c1C. The topological polar surface area (TPSA) is 72.0 Å². The summed E-state index contributed by atoms with van der Waals surface area (Å²) < 4.78 is 56.9. The number of aromatic nitrogens is 2. The van der Waals surface area contributed by atoms with Crippen LogP contribution in [0.3, 0.4) is 0 Å². The maximum atomic E-state index is 13.4. The smallest absolute Gasteiger partial charge is 0.419 e. The molecule has 0 radical (unpaired) electrons. The van der Waals surface area contributed by atoms with Crippen LogP contribution < -0.4 is 5.56 Å². The Labute approximate surface area is 160 Å². The molecule has 2 heterocycles. The number of rotatable bonds is 3. The van der Waals surface area contributed by atoms with Crippen LogP contribution in [0.25, 0.3) is 10.2 Å². The Morgan fingerprint density at radius 1 is 1.29 bits per heavy atom. The van der Waals surface area contributed by atoms with Gasteiger partial charge in [0.05, 0.1) is 16.5 Å². The van der Waals surface area contributed by atoms with Crippen molar-refractivity contribution in [2.45, 2.75) is 33.1 Å². The number of hydrogen-bond acceptors (Lipinski definition) is 5. The first kappa shape index (κ1) is 20.0. The van der Waals surface area contributed by atoms with Gasteiger partial charge in [0.15, 0.2) is 11.9 Å². The molecule has 0 saturated heterocycles. The second kappa shape index (κ2) is 7.01. The lowest BCUT2D eigenvalue weighted by Crippen LogP contribution is -2.18. The minimum Gasteiger partial charge on any atom is -0.451 e. The molecule has 148 valence electrons. The second-order valence-corrected chi connectivity index (χ2v) is 7.36. The van der Waals surface area contributed by atoms with Crippen LogP contribution in [0.2, 0.25) is 0 Å². The third kappa shape index (κ3) is 3.64. The third-order valence-electron chi connectivity index (χ3n) is 4.23. The predicted molar refractivity (Wildman–Crippen MR) is 94.9 cm³/mol. The van der Waals surface area contributed by atoms with Gasteiger partial charge in [-0.15, -0.1) is 11.3 Å². The number of fused-ring (bicyclic) bond motifs is 1. The molecular weight excluding hydrogens is 400 g/mol. The van der Waals surface area contributed by atoms with Gasteiger partial charge in [-0.25, -0.2) is 14.2 Å². The zero-order chi connectivity index (χ0) is 20.8.